The van der Waals surface area contributed by atoms with Crippen molar-refractivity contribution in [3.05, 3.63) is 29.8 Å². The Balaban J connectivity index is 1.26. The number of rotatable bonds is 6. The summed E-state index contributed by atoms with van der Waals surface area (Å²) in [6.45, 7) is 4.69. The van der Waals surface area contributed by atoms with Gasteiger partial charge >= 0.3 is 0 Å². The number of amides is 1. The van der Waals surface area contributed by atoms with Gasteiger partial charge in [0.2, 0.25) is 5.91 Å². The highest BCUT2D eigenvalue weighted by molar-refractivity contribution is 5.80. The standard InChI is InChI=1S/C20H28N2O3/c1-24-17-6-2-14(3-7-17)11-22-9-8-18-16(12-22)13-25-19(18)10-21-20(23)15-4-5-15/h2-3,6-7,15-16,18-19H,4-5,8-13H2,1H3,(H,21,23)/t16-,18-,19-/m0/s1. The summed E-state index contributed by atoms with van der Waals surface area (Å²) in [6.07, 6.45) is 3.48. The van der Waals surface area contributed by atoms with Crippen LogP contribution in [0, 0.1) is 17.8 Å². The van der Waals surface area contributed by atoms with Crippen molar-refractivity contribution in [1.82, 2.24) is 10.2 Å². The quantitative estimate of drug-likeness (QED) is 0.858. The molecule has 3 atom stereocenters. The van der Waals surface area contributed by atoms with E-state index < -0.39 is 0 Å². The molecule has 5 nitrogen and oxygen atoms in total. The van der Waals surface area contributed by atoms with Crippen LogP contribution in [0.5, 0.6) is 5.75 Å². The molecule has 1 saturated carbocycles. The van der Waals surface area contributed by atoms with Gasteiger partial charge in [-0.1, -0.05) is 12.1 Å². The SMILES string of the molecule is COc1ccc(CN2CC[C@H]3[C@H](CO[C@H]3CNC(=O)C3CC3)C2)cc1. The van der Waals surface area contributed by atoms with Crippen molar-refractivity contribution in [2.24, 2.45) is 17.8 Å². The molecule has 1 aliphatic carbocycles. The summed E-state index contributed by atoms with van der Waals surface area (Å²) in [4.78, 5) is 14.4. The summed E-state index contributed by atoms with van der Waals surface area (Å²) < 4.78 is 11.2. The van der Waals surface area contributed by atoms with Crippen molar-refractivity contribution in [2.45, 2.75) is 31.9 Å². The average Bonchev–Trinajstić information content (AvgIpc) is 3.42. The van der Waals surface area contributed by atoms with Crippen molar-refractivity contribution < 1.29 is 14.3 Å². The fourth-order valence-electron chi connectivity index (χ4n) is 4.20. The normalized spacial score (nSPS) is 29.2. The van der Waals surface area contributed by atoms with E-state index in [1.54, 1.807) is 7.11 Å². The topological polar surface area (TPSA) is 50.8 Å². The van der Waals surface area contributed by atoms with Gasteiger partial charge in [-0.05, 0) is 49.4 Å². The number of ether oxygens (including phenoxy) is 2. The van der Waals surface area contributed by atoms with E-state index in [-0.39, 0.29) is 17.9 Å². The Morgan fingerprint density at radius 1 is 1.28 bits per heavy atom. The van der Waals surface area contributed by atoms with Crippen LogP contribution < -0.4 is 10.1 Å². The van der Waals surface area contributed by atoms with Crippen LogP contribution in [0.25, 0.3) is 0 Å². The number of nitrogens with zero attached hydrogens (tertiary/aromatic N) is 1. The van der Waals surface area contributed by atoms with Crippen LogP contribution in [-0.2, 0) is 16.1 Å². The molecule has 0 radical (unpaired) electrons. The molecule has 4 rings (SSSR count). The molecular formula is C20H28N2O3. The van der Waals surface area contributed by atoms with Crippen molar-refractivity contribution in [3.8, 4) is 5.75 Å². The lowest BCUT2D eigenvalue weighted by molar-refractivity contribution is -0.122. The van der Waals surface area contributed by atoms with Gasteiger partial charge in [0.25, 0.3) is 0 Å². The second kappa shape index (κ2) is 7.34. The molecule has 1 aromatic carbocycles. The van der Waals surface area contributed by atoms with E-state index in [1.165, 1.54) is 5.56 Å². The van der Waals surface area contributed by atoms with Crippen LogP contribution in [-0.4, -0.2) is 50.3 Å². The number of methoxy groups -OCH3 is 1. The number of benzene rings is 1. The van der Waals surface area contributed by atoms with Crippen LogP contribution in [0.15, 0.2) is 24.3 Å². The van der Waals surface area contributed by atoms with E-state index in [9.17, 15) is 4.79 Å². The van der Waals surface area contributed by atoms with Gasteiger partial charge in [-0.2, -0.15) is 0 Å². The molecule has 25 heavy (non-hydrogen) atoms. The summed E-state index contributed by atoms with van der Waals surface area (Å²) in [5.41, 5.74) is 1.33. The summed E-state index contributed by atoms with van der Waals surface area (Å²) in [6, 6.07) is 8.34. The van der Waals surface area contributed by atoms with Gasteiger partial charge in [0, 0.05) is 31.5 Å². The minimum Gasteiger partial charge on any atom is -0.497 e. The third kappa shape index (κ3) is 3.98. The molecule has 3 aliphatic rings. The Kier molecular flexibility index (Phi) is 4.95. The minimum atomic E-state index is 0.204. The molecule has 0 bridgehead atoms. The molecule has 2 aliphatic heterocycles. The van der Waals surface area contributed by atoms with Gasteiger partial charge in [-0.3, -0.25) is 9.69 Å². The molecule has 1 aromatic rings. The lowest BCUT2D eigenvalue weighted by Crippen LogP contribution is -2.43. The van der Waals surface area contributed by atoms with Gasteiger partial charge in [0.05, 0.1) is 19.8 Å². The first kappa shape index (κ1) is 16.9. The van der Waals surface area contributed by atoms with E-state index in [0.717, 1.165) is 51.3 Å². The molecule has 1 N–H and O–H groups in total. The zero-order valence-electron chi connectivity index (χ0n) is 14.9. The van der Waals surface area contributed by atoms with E-state index in [2.05, 4.69) is 22.3 Å². The van der Waals surface area contributed by atoms with E-state index in [1.807, 2.05) is 12.1 Å². The van der Waals surface area contributed by atoms with E-state index in [4.69, 9.17) is 9.47 Å². The Morgan fingerprint density at radius 3 is 2.80 bits per heavy atom. The second-order valence-electron chi connectivity index (χ2n) is 7.69. The fourth-order valence-corrected chi connectivity index (χ4v) is 4.20. The average molecular weight is 344 g/mol. The molecule has 2 saturated heterocycles. The highest BCUT2D eigenvalue weighted by Gasteiger charge is 2.41. The van der Waals surface area contributed by atoms with Crippen LogP contribution >= 0.6 is 0 Å². The highest BCUT2D eigenvalue weighted by atomic mass is 16.5. The largest absolute Gasteiger partial charge is 0.497 e. The zero-order chi connectivity index (χ0) is 17.2. The predicted molar refractivity (Wildman–Crippen MR) is 95.3 cm³/mol. The number of hydrogen-bond donors (Lipinski definition) is 1. The third-order valence-corrected chi connectivity index (χ3v) is 5.87. The van der Waals surface area contributed by atoms with Crippen molar-refractivity contribution in [1.29, 1.82) is 0 Å². The van der Waals surface area contributed by atoms with Gasteiger partial charge in [0.1, 0.15) is 5.75 Å². The number of fused-ring (bicyclic) bond motifs is 1. The Labute approximate surface area is 149 Å². The summed E-state index contributed by atoms with van der Waals surface area (Å²) in [7, 11) is 1.70. The molecule has 136 valence electrons. The fraction of sp³-hybridized carbons (Fsp3) is 0.650. The monoisotopic (exact) mass is 344 g/mol. The van der Waals surface area contributed by atoms with Crippen molar-refractivity contribution in [3.63, 3.8) is 0 Å². The number of carbonyl (C=O) groups excluding carboxylic acids is 1. The van der Waals surface area contributed by atoms with Crippen LogP contribution in [0.2, 0.25) is 0 Å². The minimum absolute atomic E-state index is 0.204. The van der Waals surface area contributed by atoms with Crippen LogP contribution in [0.1, 0.15) is 24.8 Å². The maximum Gasteiger partial charge on any atom is 0.223 e. The zero-order valence-corrected chi connectivity index (χ0v) is 14.9. The molecule has 5 heteroatoms. The molecule has 2 heterocycles. The van der Waals surface area contributed by atoms with Gasteiger partial charge < -0.3 is 14.8 Å². The Morgan fingerprint density at radius 2 is 2.08 bits per heavy atom. The number of carbonyl (C=O) groups is 1. The molecule has 0 aromatic heterocycles. The van der Waals surface area contributed by atoms with Crippen molar-refractivity contribution in [2.75, 3.05) is 33.4 Å². The smallest absolute Gasteiger partial charge is 0.223 e. The molecule has 1 amide bonds. The maximum atomic E-state index is 11.8. The van der Waals surface area contributed by atoms with Gasteiger partial charge in [-0.25, -0.2) is 0 Å². The highest BCUT2D eigenvalue weighted by Crippen LogP contribution is 2.35. The van der Waals surface area contributed by atoms with Gasteiger partial charge in [0.15, 0.2) is 0 Å². The van der Waals surface area contributed by atoms with Gasteiger partial charge in [-0.15, -0.1) is 0 Å². The first-order valence-electron chi connectivity index (χ1n) is 9.47. The number of nitrogens with one attached hydrogen (secondary N) is 1. The summed E-state index contributed by atoms with van der Waals surface area (Å²) >= 11 is 0. The lowest BCUT2D eigenvalue weighted by Gasteiger charge is -2.35. The second-order valence-corrected chi connectivity index (χ2v) is 7.69. The molecule has 0 unspecified atom stereocenters. The lowest BCUT2D eigenvalue weighted by atomic mass is 9.84. The number of hydrogen-bond acceptors (Lipinski definition) is 4. The maximum absolute atomic E-state index is 11.8. The molecular weight excluding hydrogens is 316 g/mol. The number of piperidine rings is 1. The third-order valence-electron chi connectivity index (χ3n) is 5.87. The summed E-state index contributed by atoms with van der Waals surface area (Å²) in [5.74, 6) is 2.59. The van der Waals surface area contributed by atoms with E-state index >= 15 is 0 Å². The first-order chi connectivity index (χ1) is 12.2. The summed E-state index contributed by atoms with van der Waals surface area (Å²) in [5, 5.41) is 3.09. The van der Waals surface area contributed by atoms with Crippen molar-refractivity contribution >= 4 is 5.91 Å². The number of likely N-dealkylation sites (tertiary alicyclic amines) is 1. The Bertz CT molecular complexity index is 599. The van der Waals surface area contributed by atoms with E-state index in [0.29, 0.717) is 18.4 Å². The van der Waals surface area contributed by atoms with Crippen LogP contribution in [0.4, 0.5) is 0 Å². The molecule has 0 spiro atoms. The first-order valence-corrected chi connectivity index (χ1v) is 9.47. The van der Waals surface area contributed by atoms with Crippen LogP contribution in [0.3, 0.4) is 0 Å². The Hall–Kier alpha value is -1.59. The predicted octanol–water partition coefficient (Wildman–Crippen LogP) is 2.06. The molecule has 3 fully saturated rings.